The van der Waals surface area contributed by atoms with Crippen LogP contribution in [0, 0.1) is 0 Å². The van der Waals surface area contributed by atoms with Crippen molar-refractivity contribution in [1.29, 1.82) is 0 Å². The predicted octanol–water partition coefficient (Wildman–Crippen LogP) is 0.240. The van der Waals surface area contributed by atoms with Gasteiger partial charge in [0.2, 0.25) is 0 Å². The highest BCUT2D eigenvalue weighted by Gasteiger charge is 2.21. The molecule has 1 aliphatic rings. The van der Waals surface area contributed by atoms with Crippen molar-refractivity contribution in [2.24, 2.45) is 0 Å². The zero-order chi connectivity index (χ0) is 17.4. The van der Waals surface area contributed by atoms with Gasteiger partial charge in [-0.05, 0) is 31.8 Å². The average molecular weight is 337 g/mol. The number of benzene rings is 1. The van der Waals surface area contributed by atoms with Crippen LogP contribution in [-0.2, 0) is 16.1 Å². The van der Waals surface area contributed by atoms with Gasteiger partial charge in [-0.2, -0.15) is 0 Å². The van der Waals surface area contributed by atoms with Gasteiger partial charge >= 0.3 is 0 Å². The summed E-state index contributed by atoms with van der Waals surface area (Å²) < 4.78 is 16.5. The Labute approximate surface area is 143 Å². The summed E-state index contributed by atoms with van der Waals surface area (Å²) in [4.78, 5) is 14.1. The minimum Gasteiger partial charge on any atom is -0.493 e. The van der Waals surface area contributed by atoms with Crippen molar-refractivity contribution in [2.75, 3.05) is 54.1 Å². The van der Waals surface area contributed by atoms with Crippen molar-refractivity contribution in [3.05, 3.63) is 23.8 Å². The van der Waals surface area contributed by atoms with Gasteiger partial charge in [0.25, 0.3) is 5.91 Å². The van der Waals surface area contributed by atoms with E-state index in [0.29, 0.717) is 37.8 Å². The van der Waals surface area contributed by atoms with Crippen LogP contribution < -0.4 is 20.1 Å². The number of amides is 1. The molecule has 1 amide bonds. The molecule has 2 rings (SSSR count). The minimum atomic E-state index is -0.422. The lowest BCUT2D eigenvalue weighted by Gasteiger charge is -2.22. The third kappa shape index (κ3) is 5.67. The van der Waals surface area contributed by atoms with E-state index in [0.717, 1.165) is 18.7 Å². The van der Waals surface area contributed by atoms with Gasteiger partial charge in [0, 0.05) is 26.2 Å². The number of hydrogen-bond acceptors (Lipinski definition) is 6. The first-order valence-corrected chi connectivity index (χ1v) is 8.14. The number of methoxy groups -OCH3 is 1. The fraction of sp³-hybridized carbons (Fsp3) is 0.588. The van der Waals surface area contributed by atoms with Crippen molar-refractivity contribution in [1.82, 2.24) is 15.5 Å². The fourth-order valence-corrected chi connectivity index (χ4v) is 2.32. The highest BCUT2D eigenvalue weighted by Crippen LogP contribution is 2.28. The molecule has 1 aromatic carbocycles. The molecule has 0 radical (unpaired) electrons. The van der Waals surface area contributed by atoms with E-state index in [2.05, 4.69) is 15.5 Å². The molecule has 1 aromatic rings. The molecule has 1 fully saturated rings. The summed E-state index contributed by atoms with van der Waals surface area (Å²) in [6, 6.07) is 5.67. The van der Waals surface area contributed by atoms with Gasteiger partial charge in [0.15, 0.2) is 11.5 Å². The number of ether oxygens (including phenoxy) is 3. The number of nitrogens with zero attached hydrogens (tertiary/aromatic N) is 1. The summed E-state index contributed by atoms with van der Waals surface area (Å²) in [7, 11) is 5.61. The zero-order valence-corrected chi connectivity index (χ0v) is 14.6. The topological polar surface area (TPSA) is 72.1 Å². The summed E-state index contributed by atoms with van der Waals surface area (Å²) in [6.07, 6.45) is -0.422. The Bertz CT molecular complexity index is 531. The van der Waals surface area contributed by atoms with E-state index in [9.17, 15) is 4.79 Å². The van der Waals surface area contributed by atoms with E-state index in [4.69, 9.17) is 14.2 Å². The second-order valence-electron chi connectivity index (χ2n) is 5.92. The summed E-state index contributed by atoms with van der Waals surface area (Å²) in [6.45, 7) is 3.74. The van der Waals surface area contributed by atoms with E-state index in [-0.39, 0.29) is 5.91 Å². The van der Waals surface area contributed by atoms with E-state index in [1.807, 2.05) is 32.3 Å². The van der Waals surface area contributed by atoms with Gasteiger partial charge in [0.1, 0.15) is 12.7 Å². The highest BCUT2D eigenvalue weighted by atomic mass is 16.5. The van der Waals surface area contributed by atoms with Gasteiger partial charge in [0.05, 0.1) is 13.7 Å². The first kappa shape index (κ1) is 18.5. The van der Waals surface area contributed by atoms with Gasteiger partial charge in [-0.25, -0.2) is 0 Å². The van der Waals surface area contributed by atoms with Gasteiger partial charge in [-0.3, -0.25) is 4.79 Å². The van der Waals surface area contributed by atoms with Crippen LogP contribution in [0.4, 0.5) is 0 Å². The number of morpholine rings is 1. The van der Waals surface area contributed by atoms with Crippen LogP contribution in [0.25, 0.3) is 0 Å². The molecule has 2 N–H and O–H groups in total. The van der Waals surface area contributed by atoms with E-state index in [1.165, 1.54) is 0 Å². The summed E-state index contributed by atoms with van der Waals surface area (Å²) >= 11 is 0. The zero-order valence-electron chi connectivity index (χ0n) is 14.6. The molecule has 0 saturated carbocycles. The molecule has 1 heterocycles. The number of carbonyl (C=O) groups is 1. The molecule has 1 aliphatic heterocycles. The van der Waals surface area contributed by atoms with Crippen LogP contribution in [0.2, 0.25) is 0 Å². The molecule has 0 aliphatic carbocycles. The number of hydrogen-bond donors (Lipinski definition) is 2. The summed E-state index contributed by atoms with van der Waals surface area (Å²) in [5.74, 6) is 1.26. The Balaban J connectivity index is 1.87. The lowest BCUT2D eigenvalue weighted by Crippen LogP contribution is -2.47. The van der Waals surface area contributed by atoms with Crippen molar-refractivity contribution in [2.45, 2.75) is 12.6 Å². The molecule has 7 heteroatoms. The number of rotatable bonds is 8. The van der Waals surface area contributed by atoms with Crippen molar-refractivity contribution >= 4 is 5.91 Å². The van der Waals surface area contributed by atoms with Crippen molar-refractivity contribution < 1.29 is 19.0 Å². The quantitative estimate of drug-likeness (QED) is 0.708. The maximum atomic E-state index is 12.1. The van der Waals surface area contributed by atoms with Crippen LogP contribution in [0.3, 0.4) is 0 Å². The number of carbonyl (C=O) groups excluding carboxylic acids is 1. The molecule has 24 heavy (non-hydrogen) atoms. The third-order valence-corrected chi connectivity index (χ3v) is 3.71. The first-order chi connectivity index (χ1) is 11.6. The maximum Gasteiger partial charge on any atom is 0.250 e. The molecule has 0 spiro atoms. The van der Waals surface area contributed by atoms with Gasteiger partial charge < -0.3 is 29.7 Å². The van der Waals surface area contributed by atoms with Crippen LogP contribution in [0.5, 0.6) is 11.5 Å². The minimum absolute atomic E-state index is 0.104. The van der Waals surface area contributed by atoms with Crippen LogP contribution in [0.15, 0.2) is 18.2 Å². The molecule has 1 atom stereocenters. The van der Waals surface area contributed by atoms with Crippen molar-refractivity contribution in [3.8, 4) is 11.5 Å². The Morgan fingerprint density at radius 1 is 1.42 bits per heavy atom. The second-order valence-corrected chi connectivity index (χ2v) is 5.92. The van der Waals surface area contributed by atoms with Gasteiger partial charge in [-0.1, -0.05) is 6.07 Å². The third-order valence-electron chi connectivity index (χ3n) is 3.71. The Morgan fingerprint density at radius 2 is 2.25 bits per heavy atom. The normalized spacial score (nSPS) is 17.6. The first-order valence-electron chi connectivity index (χ1n) is 8.14. The summed E-state index contributed by atoms with van der Waals surface area (Å²) in [5, 5.41) is 6.03. The Hall–Kier alpha value is -1.83. The fourth-order valence-electron chi connectivity index (χ4n) is 2.32. The predicted molar refractivity (Wildman–Crippen MR) is 91.5 cm³/mol. The van der Waals surface area contributed by atoms with E-state index >= 15 is 0 Å². The van der Waals surface area contributed by atoms with Gasteiger partial charge in [-0.15, -0.1) is 0 Å². The SMILES string of the molecule is COc1cc(CNC(=O)C2CNCCO2)ccc1OCCN(C)C. The lowest BCUT2D eigenvalue weighted by atomic mass is 10.2. The summed E-state index contributed by atoms with van der Waals surface area (Å²) in [5.41, 5.74) is 0.948. The highest BCUT2D eigenvalue weighted by molar-refractivity contribution is 5.81. The van der Waals surface area contributed by atoms with Crippen molar-refractivity contribution in [3.63, 3.8) is 0 Å². The standard InChI is InChI=1S/C17H27N3O4/c1-20(2)7-9-24-14-5-4-13(10-15(14)22-3)11-19-17(21)16-12-18-6-8-23-16/h4-5,10,16,18H,6-9,11-12H2,1-3H3,(H,19,21). The number of likely N-dealkylation sites (N-methyl/N-ethyl adjacent to an activating group) is 1. The second kappa shape index (κ2) is 9.46. The Morgan fingerprint density at radius 3 is 2.92 bits per heavy atom. The lowest BCUT2D eigenvalue weighted by molar-refractivity contribution is -0.134. The molecule has 0 bridgehead atoms. The molecule has 0 aromatic heterocycles. The Kier molecular flexibility index (Phi) is 7.30. The van der Waals surface area contributed by atoms with Crippen LogP contribution in [-0.4, -0.2) is 71.0 Å². The molecule has 7 nitrogen and oxygen atoms in total. The molecule has 134 valence electrons. The van der Waals surface area contributed by atoms with E-state index in [1.54, 1.807) is 7.11 Å². The smallest absolute Gasteiger partial charge is 0.250 e. The molecular weight excluding hydrogens is 310 g/mol. The largest absolute Gasteiger partial charge is 0.493 e. The average Bonchev–Trinajstić information content (AvgIpc) is 2.60. The van der Waals surface area contributed by atoms with Crippen LogP contribution >= 0.6 is 0 Å². The monoisotopic (exact) mass is 337 g/mol. The molecule has 1 unspecified atom stereocenters. The maximum absolute atomic E-state index is 12.1. The van der Waals surface area contributed by atoms with E-state index < -0.39 is 6.10 Å². The molecular formula is C17H27N3O4. The number of nitrogens with one attached hydrogen (secondary N) is 2. The van der Waals surface area contributed by atoms with Crippen LogP contribution in [0.1, 0.15) is 5.56 Å². The molecule has 1 saturated heterocycles.